The van der Waals surface area contributed by atoms with Gasteiger partial charge in [0.25, 0.3) is 0 Å². The molecule has 0 radical (unpaired) electrons. The fourth-order valence-electron chi connectivity index (χ4n) is 6.86. The number of benzene rings is 3. The molecule has 182 valence electrons. The third kappa shape index (κ3) is 3.69. The van der Waals surface area contributed by atoms with Gasteiger partial charge in [-0.25, -0.2) is 0 Å². The van der Waals surface area contributed by atoms with E-state index in [0.29, 0.717) is 0 Å². The molecule has 1 aliphatic heterocycles. The number of rotatable bonds is 5. The summed E-state index contributed by atoms with van der Waals surface area (Å²) in [5, 5.41) is 0. The summed E-state index contributed by atoms with van der Waals surface area (Å²) in [6.45, 7) is 13.5. The molecular weight excluding hydrogens is 435 g/mol. The zero-order chi connectivity index (χ0) is 25.8. The van der Waals surface area contributed by atoms with Crippen LogP contribution in [0.2, 0.25) is 0 Å². The Morgan fingerprint density at radius 3 is 1.61 bits per heavy atom. The summed E-state index contributed by atoms with van der Waals surface area (Å²) in [4.78, 5) is 2.17. The lowest BCUT2D eigenvalue weighted by Crippen LogP contribution is -2.66. The van der Waals surface area contributed by atoms with E-state index in [9.17, 15) is 0 Å². The predicted octanol–water partition coefficient (Wildman–Crippen LogP) is 6.29. The van der Waals surface area contributed by atoms with Crippen molar-refractivity contribution in [2.45, 2.75) is 41.5 Å². The maximum absolute atomic E-state index is 2.51. The molecule has 0 amide bonds. The first kappa shape index (κ1) is 24.1. The van der Waals surface area contributed by atoms with Crippen LogP contribution >= 0.6 is 0 Å². The Bertz CT molecular complexity index is 1450. The van der Waals surface area contributed by atoms with E-state index < -0.39 is 6.28 Å². The van der Waals surface area contributed by atoms with Crippen LogP contribution in [0.1, 0.15) is 44.5 Å². The summed E-state index contributed by atoms with van der Waals surface area (Å²) in [6, 6.07) is 24.9. The van der Waals surface area contributed by atoms with E-state index in [-0.39, 0.29) is 0 Å². The largest absolute Gasteiger partial charge is 0.415 e. The minimum Gasteiger partial charge on any atom is -0.415 e. The van der Waals surface area contributed by atoms with Crippen LogP contribution in [-0.4, -0.2) is 20.4 Å². The number of pyridine rings is 1. The van der Waals surface area contributed by atoms with Gasteiger partial charge in [-0.2, -0.15) is 0 Å². The van der Waals surface area contributed by atoms with Crippen LogP contribution < -0.4 is 14.8 Å². The molecule has 0 saturated carbocycles. The van der Waals surface area contributed by atoms with E-state index >= 15 is 0 Å². The lowest BCUT2D eigenvalue weighted by atomic mass is 9.36. The van der Waals surface area contributed by atoms with Gasteiger partial charge in [0.1, 0.15) is 12.4 Å². The fourth-order valence-corrected chi connectivity index (χ4v) is 6.86. The van der Waals surface area contributed by atoms with Crippen molar-refractivity contribution >= 4 is 28.4 Å². The quantitative estimate of drug-likeness (QED) is 0.310. The summed E-state index contributed by atoms with van der Waals surface area (Å²) in [6.07, 6.45) is 3.28. The number of aryl methyl sites for hydroxylation is 6. The van der Waals surface area contributed by atoms with Gasteiger partial charge in [0, 0.05) is 31.9 Å². The molecule has 0 unspecified atom stereocenters. The van der Waals surface area contributed by atoms with Crippen LogP contribution in [-0.2, 0) is 0 Å². The van der Waals surface area contributed by atoms with Crippen molar-refractivity contribution in [3.8, 4) is 0 Å². The second-order valence-electron chi connectivity index (χ2n) is 11.0. The van der Waals surface area contributed by atoms with E-state index in [1.165, 1.54) is 66.6 Å². The van der Waals surface area contributed by atoms with Crippen molar-refractivity contribution in [2.75, 3.05) is 19.0 Å². The first-order chi connectivity index (χ1) is 17.2. The number of hydrogen-bond acceptors (Lipinski definition) is 1. The van der Waals surface area contributed by atoms with Crippen molar-refractivity contribution < 1.29 is 4.48 Å². The zero-order valence-electron chi connectivity index (χ0n) is 23.0. The highest BCUT2D eigenvalue weighted by atomic mass is 15.1. The second-order valence-corrected chi connectivity index (χ2v) is 11.0. The standard InChI is InChI=1S/C33H37BN2/c1-22-18-24(3)30(25(4)19-22)33-32(28-12-10-9-11-13-28)34(33,31-26(5)20-23(2)21-27(31)6)36-16-14-29(15-17-36)35(7)8/h9-21H,1-8H3/t34-/m0/s1. The Morgan fingerprint density at radius 1 is 0.611 bits per heavy atom. The Labute approximate surface area is 216 Å². The SMILES string of the molecule is Cc1cc(C)c(C2=C(c3ccccc3)[B@-]2(c2c(C)cc(C)cc2C)[n+]2ccc(N(C)C)cc2)c(C)c1. The molecule has 4 aromatic rings. The molecule has 3 heteroatoms. The molecule has 1 aromatic heterocycles. The molecule has 5 rings (SSSR count). The van der Waals surface area contributed by atoms with Crippen molar-refractivity contribution in [3.63, 3.8) is 0 Å². The van der Waals surface area contributed by atoms with Gasteiger partial charge in [0.2, 0.25) is 0 Å². The molecule has 1 atom stereocenters. The molecule has 2 heterocycles. The third-order valence-electron chi connectivity index (χ3n) is 8.03. The van der Waals surface area contributed by atoms with E-state index in [4.69, 9.17) is 0 Å². The normalized spacial score (nSPS) is 16.9. The molecular formula is C33H37BN2. The Hall–Kier alpha value is -3.59. The van der Waals surface area contributed by atoms with E-state index in [1.54, 1.807) is 0 Å². The first-order valence-electron chi connectivity index (χ1n) is 13.0. The lowest BCUT2D eigenvalue weighted by molar-refractivity contribution is -0.536. The zero-order valence-corrected chi connectivity index (χ0v) is 23.0. The van der Waals surface area contributed by atoms with Gasteiger partial charge in [-0.1, -0.05) is 88.0 Å². The molecule has 36 heavy (non-hydrogen) atoms. The number of aromatic nitrogens is 1. The average Bonchev–Trinajstić information content (AvgIpc) is 3.47. The Kier molecular flexibility index (Phi) is 5.91. The molecule has 2 nitrogen and oxygen atoms in total. The van der Waals surface area contributed by atoms with Gasteiger partial charge in [-0.05, 0) is 52.7 Å². The highest BCUT2D eigenvalue weighted by Gasteiger charge is 2.59. The summed E-state index contributed by atoms with van der Waals surface area (Å²) in [7, 11) is 4.20. The molecule has 3 aromatic carbocycles. The summed E-state index contributed by atoms with van der Waals surface area (Å²) >= 11 is 0. The number of nitrogens with zero attached hydrogens (tertiary/aromatic N) is 2. The van der Waals surface area contributed by atoms with Crippen LogP contribution in [0.3, 0.4) is 0 Å². The maximum Gasteiger partial charge on any atom is 0.356 e. The summed E-state index contributed by atoms with van der Waals surface area (Å²) < 4.78 is 2.51. The average molecular weight is 472 g/mol. The first-order valence-corrected chi connectivity index (χ1v) is 13.0. The number of anilines is 1. The van der Waals surface area contributed by atoms with Gasteiger partial charge < -0.3 is 9.38 Å². The van der Waals surface area contributed by atoms with Crippen LogP contribution in [0.15, 0.2) is 79.1 Å². The van der Waals surface area contributed by atoms with Gasteiger partial charge in [-0.3, -0.25) is 0 Å². The van der Waals surface area contributed by atoms with E-state index in [1.807, 2.05) is 0 Å². The third-order valence-corrected chi connectivity index (χ3v) is 8.03. The van der Waals surface area contributed by atoms with Crippen LogP contribution in [0.4, 0.5) is 5.69 Å². The van der Waals surface area contributed by atoms with Crippen molar-refractivity contribution in [2.24, 2.45) is 0 Å². The van der Waals surface area contributed by atoms with Crippen molar-refractivity contribution in [1.29, 1.82) is 0 Å². The molecule has 0 fully saturated rings. The van der Waals surface area contributed by atoms with Gasteiger partial charge >= 0.3 is 6.28 Å². The van der Waals surface area contributed by atoms with Crippen molar-refractivity contribution in [1.82, 2.24) is 0 Å². The molecule has 0 aliphatic carbocycles. The maximum atomic E-state index is 2.51. The minimum absolute atomic E-state index is 1.21. The smallest absolute Gasteiger partial charge is 0.356 e. The molecule has 0 N–H and O–H groups in total. The fraction of sp³-hybridized carbons (Fsp3) is 0.242. The summed E-state index contributed by atoms with van der Waals surface area (Å²) in [5.41, 5.74) is 16.4. The highest BCUT2D eigenvalue weighted by Crippen LogP contribution is 2.54. The molecule has 1 aliphatic rings. The van der Waals surface area contributed by atoms with Crippen LogP contribution in [0.25, 0.3) is 10.9 Å². The molecule has 0 bridgehead atoms. The second kappa shape index (κ2) is 8.82. The van der Waals surface area contributed by atoms with Crippen LogP contribution in [0.5, 0.6) is 0 Å². The highest BCUT2D eigenvalue weighted by molar-refractivity contribution is 7.27. The number of hydrogen-bond donors (Lipinski definition) is 0. The van der Waals surface area contributed by atoms with Gasteiger partial charge in [0.15, 0.2) is 0 Å². The molecule has 0 saturated heterocycles. The van der Waals surface area contributed by atoms with E-state index in [2.05, 4.69) is 144 Å². The van der Waals surface area contributed by atoms with Gasteiger partial charge in [-0.15, -0.1) is 16.4 Å². The topological polar surface area (TPSA) is 7.12 Å². The monoisotopic (exact) mass is 472 g/mol. The Balaban J connectivity index is 1.89. The minimum atomic E-state index is -1.31. The lowest BCUT2D eigenvalue weighted by Gasteiger charge is -2.29. The molecule has 0 spiro atoms. The Morgan fingerprint density at radius 2 is 1.11 bits per heavy atom. The van der Waals surface area contributed by atoms with E-state index in [0.717, 1.165) is 0 Å². The summed E-state index contributed by atoms with van der Waals surface area (Å²) in [5.74, 6) is 0. The predicted molar refractivity (Wildman–Crippen MR) is 156 cm³/mol. The van der Waals surface area contributed by atoms with Crippen LogP contribution in [0, 0.1) is 41.5 Å². The van der Waals surface area contributed by atoms with Gasteiger partial charge in [0.05, 0.1) is 0 Å². The van der Waals surface area contributed by atoms with Crippen molar-refractivity contribution in [3.05, 3.63) is 124 Å².